The first-order chi connectivity index (χ1) is 27.3. The molecule has 2 fully saturated rings. The fourth-order valence-electron chi connectivity index (χ4n) is 7.07. The summed E-state index contributed by atoms with van der Waals surface area (Å²) >= 11 is 2.39. The van der Waals surface area contributed by atoms with Gasteiger partial charge >= 0.3 is 5.97 Å². The van der Waals surface area contributed by atoms with Crippen LogP contribution in [0.1, 0.15) is 28.8 Å². The van der Waals surface area contributed by atoms with Crippen molar-refractivity contribution in [2.75, 3.05) is 22.9 Å². The van der Waals surface area contributed by atoms with E-state index >= 15 is 0 Å². The van der Waals surface area contributed by atoms with Gasteiger partial charge in [-0.15, -0.1) is 23.1 Å². The SMILES string of the molecule is Nc1nc(C(=NOC(c2ccccc2)(c2ccccc2)c2ccccc2)C(=O)N[C@@H]2C(=O)N3C(C(=O)O)=C(C=C4CCN(c5cccnc5)C4=O)CS[C@H]23)cs1. The quantitative estimate of drug-likeness (QED) is 0.0547. The maximum absolute atomic E-state index is 14.2. The van der Waals surface area contributed by atoms with E-state index in [2.05, 4.69) is 20.4 Å². The largest absolute Gasteiger partial charge is 0.477 e. The molecule has 0 radical (unpaired) electrons. The zero-order valence-corrected chi connectivity index (χ0v) is 31.2. The molecule has 280 valence electrons. The lowest BCUT2D eigenvalue weighted by molar-refractivity contribution is -0.150. The molecule has 2 aromatic heterocycles. The number of nitrogens with zero attached hydrogens (tertiary/aromatic N) is 5. The van der Waals surface area contributed by atoms with Crippen molar-refractivity contribution in [3.8, 4) is 0 Å². The molecule has 0 unspecified atom stereocenters. The molecule has 3 aliphatic rings. The zero-order valence-electron chi connectivity index (χ0n) is 29.5. The van der Waals surface area contributed by atoms with Gasteiger partial charge in [0.25, 0.3) is 17.7 Å². The number of aliphatic carboxylic acids is 1. The molecule has 5 aromatic rings. The molecular formula is C41H33N7O6S2. The number of nitrogens with two attached hydrogens (primary N) is 1. The van der Waals surface area contributed by atoms with Gasteiger partial charge in [0.2, 0.25) is 5.60 Å². The molecule has 13 nitrogen and oxygen atoms in total. The number of hydrogen-bond acceptors (Lipinski definition) is 11. The summed E-state index contributed by atoms with van der Waals surface area (Å²) < 4.78 is 0. The van der Waals surface area contributed by atoms with Crippen molar-refractivity contribution >= 4 is 63.3 Å². The highest BCUT2D eigenvalue weighted by Gasteiger charge is 2.54. The van der Waals surface area contributed by atoms with Crippen LogP contribution in [0.4, 0.5) is 10.8 Å². The lowest BCUT2D eigenvalue weighted by Crippen LogP contribution is -2.71. The third-order valence-electron chi connectivity index (χ3n) is 9.71. The number of amides is 3. The van der Waals surface area contributed by atoms with Gasteiger partial charge in [-0.3, -0.25) is 24.3 Å². The number of benzene rings is 3. The highest BCUT2D eigenvalue weighted by molar-refractivity contribution is 8.00. The number of carbonyl (C=O) groups is 4. The molecule has 0 aliphatic carbocycles. The normalized spacial score (nSPS) is 19.1. The van der Waals surface area contributed by atoms with Crippen molar-refractivity contribution in [1.82, 2.24) is 20.2 Å². The molecule has 2 atom stereocenters. The van der Waals surface area contributed by atoms with Gasteiger partial charge in [0.05, 0.1) is 11.9 Å². The third-order valence-corrected chi connectivity index (χ3v) is 11.7. The Hall–Kier alpha value is -6.58. The smallest absolute Gasteiger partial charge is 0.352 e. The minimum Gasteiger partial charge on any atom is -0.477 e. The number of carboxylic acid groups (broad SMARTS) is 1. The van der Waals surface area contributed by atoms with Gasteiger partial charge in [-0.05, 0) is 30.2 Å². The Labute approximate surface area is 329 Å². The van der Waals surface area contributed by atoms with E-state index in [4.69, 9.17) is 10.6 Å². The Kier molecular flexibility index (Phi) is 9.93. The molecule has 8 rings (SSSR count). The van der Waals surface area contributed by atoms with Gasteiger partial charge in [-0.1, -0.05) is 96.2 Å². The highest BCUT2D eigenvalue weighted by atomic mass is 32.2. The molecule has 56 heavy (non-hydrogen) atoms. The first-order valence-corrected chi connectivity index (χ1v) is 19.5. The first kappa shape index (κ1) is 36.4. The number of carbonyl (C=O) groups excluding carboxylic acids is 3. The number of aromatic nitrogens is 2. The number of carboxylic acids is 1. The maximum Gasteiger partial charge on any atom is 0.352 e. The molecule has 15 heteroatoms. The summed E-state index contributed by atoms with van der Waals surface area (Å²) in [6.07, 6.45) is 5.17. The molecule has 0 bridgehead atoms. The van der Waals surface area contributed by atoms with E-state index in [-0.39, 0.29) is 33.9 Å². The number of thiazole rings is 1. The van der Waals surface area contributed by atoms with Crippen LogP contribution in [0.5, 0.6) is 0 Å². The summed E-state index contributed by atoms with van der Waals surface area (Å²) in [7, 11) is 0. The van der Waals surface area contributed by atoms with Gasteiger partial charge in [0.15, 0.2) is 10.8 Å². The lowest BCUT2D eigenvalue weighted by Gasteiger charge is -2.49. The average Bonchev–Trinajstić information content (AvgIpc) is 3.83. The first-order valence-electron chi connectivity index (χ1n) is 17.5. The van der Waals surface area contributed by atoms with Gasteiger partial charge in [-0.25, -0.2) is 9.78 Å². The van der Waals surface area contributed by atoms with E-state index in [0.717, 1.165) is 32.9 Å². The van der Waals surface area contributed by atoms with Crippen LogP contribution in [0.15, 0.2) is 149 Å². The summed E-state index contributed by atoms with van der Waals surface area (Å²) in [6, 6.07) is 30.9. The van der Waals surface area contributed by atoms with Crippen LogP contribution in [0.3, 0.4) is 0 Å². The summed E-state index contributed by atoms with van der Waals surface area (Å²) in [5.41, 5.74) is 7.99. The minimum absolute atomic E-state index is 0.134. The van der Waals surface area contributed by atoms with Crippen LogP contribution in [-0.4, -0.2) is 73.1 Å². The number of nitrogen functional groups attached to an aromatic ring is 1. The molecule has 3 aliphatic heterocycles. The Morgan fingerprint density at radius 1 is 0.946 bits per heavy atom. The summed E-state index contributed by atoms with van der Waals surface area (Å²) in [6.45, 7) is 0.417. The second kappa shape index (κ2) is 15.3. The molecule has 0 saturated carbocycles. The Bertz CT molecular complexity index is 2310. The standard InChI is InChI=1S/C41H33N7O6S2/c42-40-44-31(24-56-40)32(46-54-41(27-11-4-1-5-12-27,28-13-6-2-7-14-28)29-15-8-3-9-16-29)35(49)45-33-37(51)48-34(39(52)53)26(23-55-38(33)48)21-25-18-20-47(36(25)50)30-17-10-19-43-22-30/h1-17,19,21-22,24,33,38H,18,20,23H2,(H2,42,44)(H,45,49)(H,52,53)/t33-,38-/m1/s1. The number of β-lactam (4-membered cyclic amide) rings is 1. The Morgan fingerprint density at radius 2 is 1.59 bits per heavy atom. The Balaban J connectivity index is 1.10. The summed E-state index contributed by atoms with van der Waals surface area (Å²) in [5.74, 6) is -2.77. The fourth-order valence-corrected chi connectivity index (χ4v) is 8.93. The molecular weight excluding hydrogens is 751 g/mol. The third kappa shape index (κ3) is 6.60. The summed E-state index contributed by atoms with van der Waals surface area (Å²) in [4.78, 5) is 71.7. The minimum atomic E-state index is -1.32. The molecule has 3 amide bonds. The number of allylic oxidation sites excluding steroid dienone is 1. The predicted octanol–water partition coefficient (Wildman–Crippen LogP) is 4.94. The van der Waals surface area contributed by atoms with E-state index in [1.807, 2.05) is 91.0 Å². The number of nitrogens with one attached hydrogen (secondary N) is 1. The molecule has 2 saturated heterocycles. The number of fused-ring (bicyclic) bond motifs is 1. The van der Waals surface area contributed by atoms with Crippen molar-refractivity contribution in [3.05, 3.63) is 166 Å². The number of oxime groups is 1. The second-order valence-electron chi connectivity index (χ2n) is 13.0. The van der Waals surface area contributed by atoms with Crippen LogP contribution in [0.2, 0.25) is 0 Å². The van der Waals surface area contributed by atoms with Crippen molar-refractivity contribution in [1.29, 1.82) is 0 Å². The van der Waals surface area contributed by atoms with Gasteiger partial charge < -0.3 is 25.9 Å². The van der Waals surface area contributed by atoms with Gasteiger partial charge in [0, 0.05) is 46.1 Å². The molecule has 3 aromatic carbocycles. The highest BCUT2D eigenvalue weighted by Crippen LogP contribution is 2.43. The monoisotopic (exact) mass is 783 g/mol. The molecule has 0 spiro atoms. The molecule has 4 N–H and O–H groups in total. The fraction of sp³-hybridized carbons (Fsp3) is 0.146. The average molecular weight is 784 g/mol. The number of anilines is 2. The zero-order chi connectivity index (χ0) is 38.8. The van der Waals surface area contributed by atoms with E-state index < -0.39 is 34.8 Å². The number of rotatable bonds is 11. The van der Waals surface area contributed by atoms with Crippen molar-refractivity contribution in [2.45, 2.75) is 23.4 Å². The van der Waals surface area contributed by atoms with Crippen molar-refractivity contribution in [2.24, 2.45) is 5.16 Å². The Morgan fingerprint density at radius 3 is 2.14 bits per heavy atom. The predicted molar refractivity (Wildman–Crippen MR) is 212 cm³/mol. The topological polar surface area (TPSA) is 180 Å². The maximum atomic E-state index is 14.2. The van der Waals surface area contributed by atoms with Crippen molar-refractivity contribution < 1.29 is 29.1 Å². The summed E-state index contributed by atoms with van der Waals surface area (Å²) in [5, 5.41) is 18.6. The second-order valence-corrected chi connectivity index (χ2v) is 15.0. The lowest BCUT2D eigenvalue weighted by atomic mass is 9.80. The van der Waals surface area contributed by atoms with Gasteiger partial charge in [0.1, 0.15) is 22.8 Å². The van der Waals surface area contributed by atoms with Crippen LogP contribution in [0.25, 0.3) is 0 Å². The van der Waals surface area contributed by atoms with E-state index in [0.29, 0.717) is 29.8 Å². The van der Waals surface area contributed by atoms with Crippen LogP contribution < -0.4 is 16.0 Å². The molecule has 5 heterocycles. The van der Waals surface area contributed by atoms with E-state index in [1.54, 1.807) is 40.9 Å². The number of thioether (sulfide) groups is 1. The van der Waals surface area contributed by atoms with E-state index in [1.165, 1.54) is 11.8 Å². The van der Waals surface area contributed by atoms with Crippen LogP contribution in [0, 0.1) is 0 Å². The number of hydrogen-bond donors (Lipinski definition) is 3. The van der Waals surface area contributed by atoms with Crippen LogP contribution in [-0.2, 0) is 29.6 Å². The van der Waals surface area contributed by atoms with Gasteiger partial charge in [-0.2, -0.15) is 0 Å². The van der Waals surface area contributed by atoms with Crippen molar-refractivity contribution in [3.63, 3.8) is 0 Å². The number of pyridine rings is 1. The van der Waals surface area contributed by atoms with E-state index in [9.17, 15) is 24.3 Å². The van der Waals surface area contributed by atoms with Crippen LogP contribution >= 0.6 is 23.1 Å².